The van der Waals surface area contributed by atoms with Crippen molar-refractivity contribution in [1.82, 2.24) is 9.13 Å². The Bertz CT molecular complexity index is 4390. The summed E-state index contributed by atoms with van der Waals surface area (Å²) >= 11 is 0. The molecule has 0 amide bonds. The molecule has 0 spiro atoms. The van der Waals surface area contributed by atoms with Crippen LogP contribution in [0.15, 0.2) is 291 Å². The van der Waals surface area contributed by atoms with Crippen molar-refractivity contribution >= 4 is 43.6 Å². The second kappa shape index (κ2) is 18.1. The molecule has 0 radical (unpaired) electrons. The van der Waals surface area contributed by atoms with E-state index in [0.717, 1.165) is 5.69 Å². The van der Waals surface area contributed by atoms with Gasteiger partial charge in [-0.15, -0.1) is 0 Å². The fraction of sp³-hybridized carbons (Fsp3) is 0. The fourth-order valence-electron chi connectivity index (χ4n) is 11.4. The first-order valence-electron chi connectivity index (χ1n) is 25.5. The molecule has 74 heavy (non-hydrogen) atoms. The molecule has 0 unspecified atom stereocenters. The van der Waals surface area contributed by atoms with Gasteiger partial charge in [0.05, 0.1) is 27.8 Å². The van der Waals surface area contributed by atoms with Crippen LogP contribution >= 0.6 is 0 Å². The van der Waals surface area contributed by atoms with Crippen LogP contribution in [-0.2, 0) is 0 Å². The van der Waals surface area contributed by atoms with Gasteiger partial charge in [0.2, 0.25) is 0 Å². The number of aromatic nitrogens is 2. The number of nitrogens with zero attached hydrogens (tertiary/aromatic N) is 2. The van der Waals surface area contributed by atoms with Crippen LogP contribution in [0, 0.1) is 0 Å². The predicted molar refractivity (Wildman–Crippen MR) is 313 cm³/mol. The minimum Gasteiger partial charge on any atom is -0.309 e. The minimum absolute atomic E-state index is 1.13. The first kappa shape index (κ1) is 43.1. The van der Waals surface area contributed by atoms with Gasteiger partial charge in [0.25, 0.3) is 0 Å². The maximum absolute atomic E-state index is 2.43. The maximum atomic E-state index is 2.43. The third kappa shape index (κ3) is 7.52. The number of hydrogen-bond acceptors (Lipinski definition) is 0. The van der Waals surface area contributed by atoms with Crippen LogP contribution in [0.3, 0.4) is 0 Å². The first-order chi connectivity index (χ1) is 36.7. The third-order valence-electron chi connectivity index (χ3n) is 15.0. The van der Waals surface area contributed by atoms with E-state index < -0.39 is 0 Å². The summed E-state index contributed by atoms with van der Waals surface area (Å²) in [5.41, 5.74) is 23.9. The molecule has 0 aliphatic heterocycles. The molecule has 0 atom stereocenters. The molecular weight excluding hydrogens is 893 g/mol. The Morgan fingerprint density at radius 1 is 0.176 bits per heavy atom. The van der Waals surface area contributed by atoms with E-state index in [1.807, 2.05) is 0 Å². The molecule has 0 saturated carbocycles. The summed E-state index contributed by atoms with van der Waals surface area (Å²) in [7, 11) is 0. The standard InChI is InChI=1S/C72H48N2/c1-3-17-49(18-4-1)54-21-15-23-56(45-54)57-24-16-22-55(46-57)50-33-35-52(36-34-50)61-25-7-8-26-62(61)53-37-41-60(42-38-53)73-69-31-13-10-28-64(69)66-47-58(39-43-71(66)73)59-40-44-72-67(48-59)65-29-11-14-32-70(65)74(72)68-30-12-9-27-63(68)51-19-5-2-6-20-51/h1-48H. The van der Waals surface area contributed by atoms with Crippen molar-refractivity contribution in [2.24, 2.45) is 0 Å². The molecule has 12 aromatic carbocycles. The zero-order chi connectivity index (χ0) is 49.0. The highest BCUT2D eigenvalue weighted by atomic mass is 15.0. The smallest absolute Gasteiger partial charge is 0.0541 e. The lowest BCUT2D eigenvalue weighted by Gasteiger charge is -2.14. The lowest BCUT2D eigenvalue weighted by molar-refractivity contribution is 1.18. The lowest BCUT2D eigenvalue weighted by Crippen LogP contribution is -1.97. The van der Waals surface area contributed by atoms with Gasteiger partial charge < -0.3 is 9.13 Å². The first-order valence-corrected chi connectivity index (χ1v) is 25.5. The molecule has 0 fully saturated rings. The van der Waals surface area contributed by atoms with Crippen molar-refractivity contribution < 1.29 is 0 Å². The largest absolute Gasteiger partial charge is 0.309 e. The number of fused-ring (bicyclic) bond motifs is 6. The molecule has 14 rings (SSSR count). The van der Waals surface area contributed by atoms with Crippen LogP contribution in [0.5, 0.6) is 0 Å². The molecule has 0 saturated heterocycles. The summed E-state index contributed by atoms with van der Waals surface area (Å²) in [6.45, 7) is 0. The third-order valence-corrected chi connectivity index (χ3v) is 15.0. The maximum Gasteiger partial charge on any atom is 0.0541 e. The van der Waals surface area contributed by atoms with Crippen LogP contribution in [0.1, 0.15) is 0 Å². The van der Waals surface area contributed by atoms with Crippen molar-refractivity contribution in [3.8, 4) is 89.3 Å². The molecule has 14 aromatic rings. The van der Waals surface area contributed by atoms with Crippen molar-refractivity contribution in [3.63, 3.8) is 0 Å². The van der Waals surface area contributed by atoms with E-state index in [1.54, 1.807) is 0 Å². The van der Waals surface area contributed by atoms with Gasteiger partial charge in [0, 0.05) is 32.8 Å². The molecular formula is C72H48N2. The minimum atomic E-state index is 1.13. The number of rotatable bonds is 9. The van der Waals surface area contributed by atoms with Gasteiger partial charge in [0.15, 0.2) is 0 Å². The summed E-state index contributed by atoms with van der Waals surface area (Å²) in [5.74, 6) is 0. The molecule has 0 bridgehead atoms. The van der Waals surface area contributed by atoms with E-state index in [9.17, 15) is 0 Å². The van der Waals surface area contributed by atoms with E-state index in [2.05, 4.69) is 300 Å². The Hall–Kier alpha value is -9.76. The Morgan fingerprint density at radius 3 is 1.08 bits per heavy atom. The zero-order valence-corrected chi connectivity index (χ0v) is 40.6. The van der Waals surface area contributed by atoms with E-state index in [1.165, 1.54) is 127 Å². The Morgan fingerprint density at radius 2 is 0.514 bits per heavy atom. The summed E-state index contributed by atoms with van der Waals surface area (Å²) in [4.78, 5) is 0. The zero-order valence-electron chi connectivity index (χ0n) is 40.6. The van der Waals surface area contributed by atoms with Crippen molar-refractivity contribution in [2.75, 3.05) is 0 Å². The Balaban J connectivity index is 0.775. The normalized spacial score (nSPS) is 11.5. The Kier molecular flexibility index (Phi) is 10.6. The number of para-hydroxylation sites is 3. The van der Waals surface area contributed by atoms with E-state index in [4.69, 9.17) is 0 Å². The monoisotopic (exact) mass is 940 g/mol. The molecule has 2 nitrogen and oxygen atoms in total. The summed E-state index contributed by atoms with van der Waals surface area (Å²) in [6, 6.07) is 106. The highest BCUT2D eigenvalue weighted by Crippen LogP contribution is 2.41. The van der Waals surface area contributed by atoms with Gasteiger partial charge in [-0.1, -0.05) is 224 Å². The lowest BCUT2D eigenvalue weighted by atomic mass is 9.92. The second-order valence-corrected chi connectivity index (χ2v) is 19.2. The van der Waals surface area contributed by atoms with Gasteiger partial charge in [-0.3, -0.25) is 0 Å². The quantitative estimate of drug-likeness (QED) is 0.136. The van der Waals surface area contributed by atoms with E-state index >= 15 is 0 Å². The van der Waals surface area contributed by atoms with Crippen LogP contribution < -0.4 is 0 Å². The molecule has 2 heteroatoms. The van der Waals surface area contributed by atoms with Gasteiger partial charge >= 0.3 is 0 Å². The van der Waals surface area contributed by atoms with E-state index in [0.29, 0.717) is 0 Å². The summed E-state index contributed by atoms with van der Waals surface area (Å²) in [5, 5.41) is 4.96. The van der Waals surface area contributed by atoms with Crippen LogP contribution in [0.2, 0.25) is 0 Å². The summed E-state index contributed by atoms with van der Waals surface area (Å²) < 4.78 is 4.85. The molecule has 346 valence electrons. The average Bonchev–Trinajstić information content (AvgIpc) is 4.00. The van der Waals surface area contributed by atoms with Crippen molar-refractivity contribution in [2.45, 2.75) is 0 Å². The van der Waals surface area contributed by atoms with E-state index in [-0.39, 0.29) is 0 Å². The molecule has 2 heterocycles. The number of benzene rings is 12. The van der Waals surface area contributed by atoms with Gasteiger partial charge in [0.1, 0.15) is 0 Å². The molecule has 0 aliphatic carbocycles. The van der Waals surface area contributed by atoms with Crippen molar-refractivity contribution in [3.05, 3.63) is 291 Å². The van der Waals surface area contributed by atoms with Crippen LogP contribution in [0.25, 0.3) is 133 Å². The van der Waals surface area contributed by atoms with Crippen LogP contribution in [-0.4, -0.2) is 9.13 Å². The fourth-order valence-corrected chi connectivity index (χ4v) is 11.4. The molecule has 0 N–H and O–H groups in total. The average molecular weight is 941 g/mol. The van der Waals surface area contributed by atoms with Crippen molar-refractivity contribution in [1.29, 1.82) is 0 Å². The predicted octanol–water partition coefficient (Wildman–Crippen LogP) is 19.5. The topological polar surface area (TPSA) is 9.86 Å². The molecule has 0 aliphatic rings. The summed E-state index contributed by atoms with van der Waals surface area (Å²) in [6.07, 6.45) is 0. The molecule has 2 aromatic heterocycles. The highest BCUT2D eigenvalue weighted by molar-refractivity contribution is 6.13. The Labute approximate surface area is 431 Å². The number of hydrogen-bond donors (Lipinski definition) is 0. The highest BCUT2D eigenvalue weighted by Gasteiger charge is 2.18. The van der Waals surface area contributed by atoms with Crippen LogP contribution in [0.4, 0.5) is 0 Å². The second-order valence-electron chi connectivity index (χ2n) is 19.2. The van der Waals surface area contributed by atoms with Gasteiger partial charge in [-0.05, 0) is 139 Å². The van der Waals surface area contributed by atoms with Gasteiger partial charge in [-0.2, -0.15) is 0 Å². The van der Waals surface area contributed by atoms with Gasteiger partial charge in [-0.25, -0.2) is 0 Å². The SMILES string of the molecule is c1ccc(-c2cccc(-c3cccc(-c4ccc(-c5ccccc5-c5ccc(-n6c7ccccc7c7cc(-c8ccc9c(c8)c8ccccc8n9-c8ccccc8-c8ccccc8)ccc76)cc5)cc4)c3)c2)cc1.